The molecule has 1 unspecified atom stereocenters. The number of anilines is 1. The number of aliphatic imine (C=N–C) groups is 1. The van der Waals surface area contributed by atoms with Crippen LogP contribution in [0.4, 0.5) is 10.5 Å². The normalized spacial score (nSPS) is 20.1. The number of halogens is 1. The number of rotatable bonds is 6. The van der Waals surface area contributed by atoms with E-state index in [0.29, 0.717) is 12.6 Å². The van der Waals surface area contributed by atoms with Crippen molar-refractivity contribution in [1.29, 1.82) is 0 Å². The van der Waals surface area contributed by atoms with E-state index in [2.05, 4.69) is 31.2 Å². The highest BCUT2D eigenvalue weighted by Crippen LogP contribution is 2.26. The average Bonchev–Trinajstić information content (AvgIpc) is 3.37. The second kappa shape index (κ2) is 12.3. The first-order valence-corrected chi connectivity index (χ1v) is 10.9. The maximum absolute atomic E-state index is 11.8. The molecule has 3 rings (SSSR count). The Balaban J connectivity index is 0.00000320. The van der Waals surface area contributed by atoms with Crippen molar-refractivity contribution in [1.82, 2.24) is 20.9 Å². The number of carbonyl (C=O) groups is 1. The van der Waals surface area contributed by atoms with Gasteiger partial charge in [-0.15, -0.1) is 24.0 Å². The molecule has 0 spiro atoms. The highest BCUT2D eigenvalue weighted by Gasteiger charge is 2.30. The summed E-state index contributed by atoms with van der Waals surface area (Å²) in [5.41, 5.74) is 1.93. The van der Waals surface area contributed by atoms with Crippen LogP contribution in [0.2, 0.25) is 0 Å². The molecule has 7 nitrogen and oxygen atoms in total. The van der Waals surface area contributed by atoms with Crippen LogP contribution >= 0.6 is 24.0 Å². The van der Waals surface area contributed by atoms with Gasteiger partial charge >= 0.3 is 6.03 Å². The van der Waals surface area contributed by atoms with Gasteiger partial charge in [-0.2, -0.15) is 0 Å². The lowest BCUT2D eigenvalue weighted by Crippen LogP contribution is -2.45. The van der Waals surface area contributed by atoms with Gasteiger partial charge < -0.3 is 21.3 Å². The summed E-state index contributed by atoms with van der Waals surface area (Å²) in [4.78, 5) is 18.8. The molecule has 1 aromatic carbocycles. The number of hydrogen-bond acceptors (Lipinski definition) is 3. The van der Waals surface area contributed by atoms with E-state index in [1.54, 1.807) is 0 Å². The molecule has 0 bridgehead atoms. The zero-order valence-electron chi connectivity index (χ0n) is 18.4. The molecule has 1 saturated heterocycles. The van der Waals surface area contributed by atoms with Crippen LogP contribution in [0.25, 0.3) is 0 Å². The highest BCUT2D eigenvalue weighted by atomic mass is 127. The monoisotopic (exact) mass is 528 g/mol. The smallest absolute Gasteiger partial charge is 0.319 e. The molecule has 4 N–H and O–H groups in total. The maximum Gasteiger partial charge on any atom is 0.319 e. The largest absolute Gasteiger partial charge is 0.352 e. The molecule has 0 aromatic heterocycles. The molecule has 1 heterocycles. The second-order valence-corrected chi connectivity index (χ2v) is 8.44. The fourth-order valence-electron chi connectivity index (χ4n) is 4.22. The van der Waals surface area contributed by atoms with E-state index in [1.165, 1.54) is 38.6 Å². The van der Waals surface area contributed by atoms with Crippen LogP contribution in [-0.4, -0.2) is 55.2 Å². The number of hydrogen-bond donors (Lipinski definition) is 4. The molecule has 30 heavy (non-hydrogen) atoms. The highest BCUT2D eigenvalue weighted by molar-refractivity contribution is 14.0. The first-order chi connectivity index (χ1) is 14.0. The number of nitrogens with zero attached hydrogens (tertiary/aromatic N) is 2. The number of benzene rings is 1. The van der Waals surface area contributed by atoms with Gasteiger partial charge in [-0.3, -0.25) is 9.89 Å². The summed E-state index contributed by atoms with van der Waals surface area (Å²) in [6, 6.07) is 9.07. The second-order valence-electron chi connectivity index (χ2n) is 8.44. The summed E-state index contributed by atoms with van der Waals surface area (Å²) in [6.45, 7) is 6.87. The molecule has 2 fully saturated rings. The van der Waals surface area contributed by atoms with E-state index in [-0.39, 0.29) is 36.0 Å². The summed E-state index contributed by atoms with van der Waals surface area (Å²) in [7, 11) is 1.82. The lowest BCUT2D eigenvalue weighted by Gasteiger charge is -2.24. The third-order valence-corrected chi connectivity index (χ3v) is 5.72. The van der Waals surface area contributed by atoms with Crippen LogP contribution in [0.3, 0.4) is 0 Å². The SMILES string of the molecule is CN=C(NCc1ccc(NC(=O)NC(C)C)cc1)NC1CCN(C2CCCC2)C1.I. The van der Waals surface area contributed by atoms with Gasteiger partial charge in [-0.05, 0) is 50.8 Å². The van der Waals surface area contributed by atoms with Crippen molar-refractivity contribution in [2.45, 2.75) is 70.6 Å². The summed E-state index contributed by atoms with van der Waals surface area (Å²) in [5, 5.41) is 12.6. The van der Waals surface area contributed by atoms with Crippen molar-refractivity contribution in [3.63, 3.8) is 0 Å². The average molecular weight is 528 g/mol. The summed E-state index contributed by atoms with van der Waals surface area (Å²) < 4.78 is 0. The number of amides is 2. The van der Waals surface area contributed by atoms with E-state index in [4.69, 9.17) is 0 Å². The lowest BCUT2D eigenvalue weighted by molar-refractivity contribution is 0.242. The Morgan fingerprint density at radius 2 is 1.87 bits per heavy atom. The number of nitrogens with one attached hydrogen (secondary N) is 4. The van der Waals surface area contributed by atoms with E-state index in [0.717, 1.165) is 29.8 Å². The van der Waals surface area contributed by atoms with Gasteiger partial charge in [0.25, 0.3) is 0 Å². The Labute approximate surface area is 197 Å². The molecule has 168 valence electrons. The number of likely N-dealkylation sites (tertiary alicyclic amines) is 1. The Hall–Kier alpha value is -1.55. The van der Waals surface area contributed by atoms with Gasteiger partial charge in [0.1, 0.15) is 0 Å². The minimum absolute atomic E-state index is 0. The van der Waals surface area contributed by atoms with E-state index >= 15 is 0 Å². The van der Waals surface area contributed by atoms with Crippen LogP contribution in [0, 0.1) is 0 Å². The molecule has 1 aromatic rings. The Bertz CT molecular complexity index is 687. The van der Waals surface area contributed by atoms with E-state index in [9.17, 15) is 4.79 Å². The molecule has 1 saturated carbocycles. The first-order valence-electron chi connectivity index (χ1n) is 10.9. The number of urea groups is 1. The van der Waals surface area contributed by atoms with Gasteiger partial charge in [0, 0.05) is 50.5 Å². The minimum Gasteiger partial charge on any atom is -0.352 e. The van der Waals surface area contributed by atoms with Crippen molar-refractivity contribution in [2.75, 3.05) is 25.5 Å². The lowest BCUT2D eigenvalue weighted by atomic mass is 10.2. The summed E-state index contributed by atoms with van der Waals surface area (Å²) >= 11 is 0. The number of carbonyl (C=O) groups excluding carboxylic acids is 1. The summed E-state index contributed by atoms with van der Waals surface area (Å²) in [6.07, 6.45) is 6.68. The third-order valence-electron chi connectivity index (χ3n) is 5.72. The fraction of sp³-hybridized carbons (Fsp3) is 0.636. The van der Waals surface area contributed by atoms with Crippen LogP contribution in [0.1, 0.15) is 51.5 Å². The van der Waals surface area contributed by atoms with Gasteiger partial charge in [0.05, 0.1) is 0 Å². The van der Waals surface area contributed by atoms with Crippen LogP contribution in [-0.2, 0) is 6.54 Å². The first kappa shape index (κ1) is 24.7. The molecular weight excluding hydrogens is 491 g/mol. The van der Waals surface area contributed by atoms with Crippen molar-refractivity contribution < 1.29 is 4.79 Å². The van der Waals surface area contributed by atoms with Gasteiger partial charge in [-0.1, -0.05) is 25.0 Å². The maximum atomic E-state index is 11.8. The zero-order chi connectivity index (χ0) is 20.6. The van der Waals surface area contributed by atoms with Gasteiger partial charge in [-0.25, -0.2) is 4.79 Å². The van der Waals surface area contributed by atoms with Gasteiger partial charge in [0.2, 0.25) is 0 Å². The van der Waals surface area contributed by atoms with Crippen molar-refractivity contribution in [3.8, 4) is 0 Å². The standard InChI is InChI=1S/C22H36N6O.HI/c1-16(2)25-22(29)27-18-10-8-17(9-11-18)14-24-21(23-3)26-19-12-13-28(15-19)20-6-4-5-7-20;/h8-11,16,19-20H,4-7,12-15H2,1-3H3,(H2,23,24,26)(H2,25,27,29);1H. The fourth-order valence-corrected chi connectivity index (χ4v) is 4.22. The molecule has 2 amide bonds. The molecule has 2 aliphatic rings. The molecule has 1 aliphatic heterocycles. The van der Waals surface area contributed by atoms with E-state index < -0.39 is 0 Å². The minimum atomic E-state index is -0.182. The summed E-state index contributed by atoms with van der Waals surface area (Å²) in [5.74, 6) is 0.849. The topological polar surface area (TPSA) is 80.8 Å². The molecule has 1 atom stereocenters. The van der Waals surface area contributed by atoms with E-state index in [1.807, 2.05) is 45.2 Å². The van der Waals surface area contributed by atoms with Crippen molar-refractivity contribution >= 4 is 41.7 Å². The third kappa shape index (κ3) is 7.61. The quantitative estimate of drug-likeness (QED) is 0.259. The van der Waals surface area contributed by atoms with Crippen molar-refractivity contribution in [2.24, 2.45) is 4.99 Å². The van der Waals surface area contributed by atoms with Crippen molar-refractivity contribution in [3.05, 3.63) is 29.8 Å². The molecule has 8 heteroatoms. The Kier molecular flexibility index (Phi) is 10.2. The predicted octanol–water partition coefficient (Wildman–Crippen LogP) is 3.52. The molecule has 1 aliphatic carbocycles. The Morgan fingerprint density at radius 3 is 2.50 bits per heavy atom. The Morgan fingerprint density at radius 1 is 1.17 bits per heavy atom. The predicted molar refractivity (Wildman–Crippen MR) is 135 cm³/mol. The van der Waals surface area contributed by atoms with Crippen LogP contribution in [0.5, 0.6) is 0 Å². The van der Waals surface area contributed by atoms with Crippen LogP contribution in [0.15, 0.2) is 29.3 Å². The molecular formula is C22H37IN6O. The number of guanidine groups is 1. The van der Waals surface area contributed by atoms with Gasteiger partial charge in [0.15, 0.2) is 5.96 Å². The molecule has 0 radical (unpaired) electrons. The van der Waals surface area contributed by atoms with Crippen LogP contribution < -0.4 is 21.3 Å². The zero-order valence-corrected chi connectivity index (χ0v) is 20.7.